The minimum atomic E-state index is -0.0292. The van der Waals surface area contributed by atoms with Gasteiger partial charge in [0.25, 0.3) is 0 Å². The molecule has 5 nitrogen and oxygen atoms in total. The minimum absolute atomic E-state index is 0.0292. The molecule has 1 unspecified atom stereocenters. The summed E-state index contributed by atoms with van der Waals surface area (Å²) in [6.45, 7) is 5.79. The zero-order valence-corrected chi connectivity index (χ0v) is 10.3. The smallest absolute Gasteiger partial charge is 0.225 e. The molecule has 2 N–H and O–H groups in total. The molecule has 5 heteroatoms. The summed E-state index contributed by atoms with van der Waals surface area (Å²) in [6.07, 6.45) is 1.26. The van der Waals surface area contributed by atoms with Crippen LogP contribution in [0.1, 0.15) is 31.0 Å². The summed E-state index contributed by atoms with van der Waals surface area (Å²) < 4.78 is 5.08. The maximum Gasteiger partial charge on any atom is 0.225 e. The van der Waals surface area contributed by atoms with Crippen molar-refractivity contribution in [2.45, 2.75) is 39.7 Å². The van der Waals surface area contributed by atoms with Crippen LogP contribution >= 0.6 is 0 Å². The van der Waals surface area contributed by atoms with Gasteiger partial charge in [0.2, 0.25) is 5.91 Å². The second-order valence-electron chi connectivity index (χ2n) is 3.96. The molecule has 1 aromatic rings. The van der Waals surface area contributed by atoms with Gasteiger partial charge in [0.15, 0.2) is 5.82 Å². The summed E-state index contributed by atoms with van der Waals surface area (Å²) in [6, 6.07) is 0. The van der Waals surface area contributed by atoms with Gasteiger partial charge in [0, 0.05) is 24.8 Å². The number of carbonyl (C=O) groups excluding carboxylic acids is 1. The third-order valence-corrected chi connectivity index (χ3v) is 2.69. The number of aromatic nitrogens is 2. The highest BCUT2D eigenvalue weighted by Crippen LogP contribution is 2.14. The lowest BCUT2D eigenvalue weighted by molar-refractivity contribution is -0.116. The molecule has 90 valence electrons. The van der Waals surface area contributed by atoms with E-state index in [0.29, 0.717) is 18.7 Å². The molecular formula is C11H19N3O2. The maximum absolute atomic E-state index is 11.6. The number of hydrogen-bond donors (Lipinski definition) is 2. The molecule has 1 aromatic heterocycles. The number of ether oxygens (including phenoxy) is 1. The highest BCUT2D eigenvalue weighted by atomic mass is 16.5. The van der Waals surface area contributed by atoms with Gasteiger partial charge in [0.05, 0.1) is 6.10 Å². The van der Waals surface area contributed by atoms with Gasteiger partial charge in [-0.3, -0.25) is 9.89 Å². The second kappa shape index (κ2) is 5.65. The fraction of sp³-hybridized carbons (Fsp3) is 0.636. The maximum atomic E-state index is 11.6. The number of methoxy groups -OCH3 is 1. The number of hydrogen-bond acceptors (Lipinski definition) is 3. The van der Waals surface area contributed by atoms with Crippen molar-refractivity contribution in [1.29, 1.82) is 0 Å². The predicted molar refractivity (Wildman–Crippen MR) is 62.4 cm³/mol. The summed E-state index contributed by atoms with van der Waals surface area (Å²) in [5, 5.41) is 9.62. The van der Waals surface area contributed by atoms with Crippen molar-refractivity contribution in [3.05, 3.63) is 11.3 Å². The highest BCUT2D eigenvalue weighted by Gasteiger charge is 2.10. The van der Waals surface area contributed by atoms with E-state index in [2.05, 4.69) is 15.5 Å². The van der Waals surface area contributed by atoms with E-state index < -0.39 is 0 Å². The molecule has 0 saturated heterocycles. The Bertz CT molecular complexity index is 360. The Morgan fingerprint density at radius 1 is 1.56 bits per heavy atom. The fourth-order valence-electron chi connectivity index (χ4n) is 1.25. The molecule has 0 aliphatic rings. The average Bonchev–Trinajstić information content (AvgIpc) is 2.57. The molecule has 0 aliphatic heterocycles. The second-order valence-corrected chi connectivity index (χ2v) is 3.96. The lowest BCUT2D eigenvalue weighted by atomic mass is 10.2. The van der Waals surface area contributed by atoms with E-state index in [1.807, 2.05) is 20.8 Å². The zero-order valence-electron chi connectivity index (χ0n) is 10.3. The monoisotopic (exact) mass is 225 g/mol. The topological polar surface area (TPSA) is 67.0 Å². The summed E-state index contributed by atoms with van der Waals surface area (Å²) in [7, 11) is 1.64. The van der Waals surface area contributed by atoms with Crippen LogP contribution in [0.15, 0.2) is 0 Å². The van der Waals surface area contributed by atoms with E-state index in [1.54, 1.807) is 7.11 Å². The first kappa shape index (κ1) is 12.7. The molecule has 1 atom stereocenters. The van der Waals surface area contributed by atoms with Gasteiger partial charge in [0.1, 0.15) is 0 Å². The number of amides is 1. The zero-order chi connectivity index (χ0) is 12.1. The van der Waals surface area contributed by atoms with Crippen LogP contribution < -0.4 is 5.32 Å². The summed E-state index contributed by atoms with van der Waals surface area (Å²) >= 11 is 0. The van der Waals surface area contributed by atoms with E-state index in [-0.39, 0.29) is 12.0 Å². The first-order valence-corrected chi connectivity index (χ1v) is 5.38. The van der Waals surface area contributed by atoms with Crippen LogP contribution in [0, 0.1) is 13.8 Å². The third-order valence-electron chi connectivity index (χ3n) is 2.69. The van der Waals surface area contributed by atoms with Crippen LogP contribution in [0.5, 0.6) is 0 Å². The van der Waals surface area contributed by atoms with Crippen molar-refractivity contribution < 1.29 is 9.53 Å². The van der Waals surface area contributed by atoms with Gasteiger partial charge >= 0.3 is 0 Å². The number of H-pyrrole nitrogens is 1. The normalized spacial score (nSPS) is 12.5. The molecule has 0 aliphatic carbocycles. The Morgan fingerprint density at radius 2 is 2.25 bits per heavy atom. The molecule has 0 spiro atoms. The first-order chi connectivity index (χ1) is 7.54. The summed E-state index contributed by atoms with van der Waals surface area (Å²) in [5.41, 5.74) is 1.95. The Hall–Kier alpha value is -1.36. The van der Waals surface area contributed by atoms with Crippen molar-refractivity contribution in [3.63, 3.8) is 0 Å². The van der Waals surface area contributed by atoms with Crippen molar-refractivity contribution >= 4 is 11.7 Å². The highest BCUT2D eigenvalue weighted by molar-refractivity contribution is 5.90. The van der Waals surface area contributed by atoms with Gasteiger partial charge in [-0.05, 0) is 27.2 Å². The van der Waals surface area contributed by atoms with Crippen LogP contribution in [-0.2, 0) is 9.53 Å². The van der Waals surface area contributed by atoms with Crippen molar-refractivity contribution in [3.8, 4) is 0 Å². The SMILES string of the molecule is COC(C)CCC(=O)Nc1n[nH]c(C)c1C. The number of aromatic amines is 1. The molecule has 1 heterocycles. The first-order valence-electron chi connectivity index (χ1n) is 5.38. The Balaban J connectivity index is 2.43. The Kier molecular flexibility index (Phi) is 4.49. The van der Waals surface area contributed by atoms with Crippen LogP contribution in [-0.4, -0.2) is 29.3 Å². The molecule has 0 fully saturated rings. The summed E-state index contributed by atoms with van der Waals surface area (Å²) in [5.74, 6) is 0.589. The van der Waals surface area contributed by atoms with E-state index >= 15 is 0 Å². The number of nitrogens with zero attached hydrogens (tertiary/aromatic N) is 1. The van der Waals surface area contributed by atoms with Crippen molar-refractivity contribution in [2.75, 3.05) is 12.4 Å². The van der Waals surface area contributed by atoms with Crippen molar-refractivity contribution in [2.24, 2.45) is 0 Å². The molecule has 1 rings (SSSR count). The molecule has 16 heavy (non-hydrogen) atoms. The molecule has 0 aromatic carbocycles. The number of aryl methyl sites for hydroxylation is 1. The van der Waals surface area contributed by atoms with E-state index in [4.69, 9.17) is 4.74 Å². The quantitative estimate of drug-likeness (QED) is 0.802. The molecule has 0 bridgehead atoms. The largest absolute Gasteiger partial charge is 0.382 e. The lowest BCUT2D eigenvalue weighted by Gasteiger charge is -2.08. The van der Waals surface area contributed by atoms with Gasteiger partial charge in [-0.1, -0.05) is 0 Å². The molecular weight excluding hydrogens is 206 g/mol. The van der Waals surface area contributed by atoms with E-state index in [0.717, 1.165) is 11.3 Å². The molecule has 0 saturated carbocycles. The number of rotatable bonds is 5. The Labute approximate surface area is 95.6 Å². The van der Waals surface area contributed by atoms with Crippen LogP contribution in [0.2, 0.25) is 0 Å². The van der Waals surface area contributed by atoms with E-state index in [9.17, 15) is 4.79 Å². The van der Waals surface area contributed by atoms with Crippen molar-refractivity contribution in [1.82, 2.24) is 10.2 Å². The number of nitrogens with one attached hydrogen (secondary N) is 2. The van der Waals surface area contributed by atoms with Crippen LogP contribution in [0.25, 0.3) is 0 Å². The minimum Gasteiger partial charge on any atom is -0.382 e. The molecule has 1 amide bonds. The predicted octanol–water partition coefficient (Wildman–Crippen LogP) is 1.78. The van der Waals surface area contributed by atoms with Gasteiger partial charge < -0.3 is 10.1 Å². The number of carbonyl (C=O) groups is 1. The Morgan fingerprint density at radius 3 is 2.75 bits per heavy atom. The van der Waals surface area contributed by atoms with Gasteiger partial charge in [-0.15, -0.1) is 0 Å². The van der Waals surface area contributed by atoms with Crippen LogP contribution in [0.3, 0.4) is 0 Å². The third kappa shape index (κ3) is 3.34. The fourth-order valence-corrected chi connectivity index (χ4v) is 1.25. The van der Waals surface area contributed by atoms with Gasteiger partial charge in [-0.2, -0.15) is 5.10 Å². The summed E-state index contributed by atoms with van der Waals surface area (Å²) in [4.78, 5) is 11.6. The van der Waals surface area contributed by atoms with E-state index in [1.165, 1.54) is 0 Å². The average molecular weight is 225 g/mol. The molecule has 0 radical (unpaired) electrons. The van der Waals surface area contributed by atoms with Gasteiger partial charge in [-0.25, -0.2) is 0 Å². The van der Waals surface area contributed by atoms with Crippen LogP contribution in [0.4, 0.5) is 5.82 Å². The standard InChI is InChI=1S/C11H19N3O2/c1-7(16-4)5-6-10(15)12-11-8(2)9(3)13-14-11/h7H,5-6H2,1-4H3,(H2,12,13,14,15). The number of anilines is 1. The lowest BCUT2D eigenvalue weighted by Crippen LogP contribution is -2.15.